The summed E-state index contributed by atoms with van der Waals surface area (Å²) in [6.07, 6.45) is 0. The minimum Gasteiger partial charge on any atom is -0.312 e. The van der Waals surface area contributed by atoms with Gasteiger partial charge in [-0.25, -0.2) is 4.98 Å². The predicted octanol–water partition coefficient (Wildman–Crippen LogP) is -1.97. The average molecular weight is 871 g/mol. The summed E-state index contributed by atoms with van der Waals surface area (Å²) in [5.41, 5.74) is 29.8. The van der Waals surface area contributed by atoms with Gasteiger partial charge in [0.2, 0.25) is 0 Å². The highest BCUT2D eigenvalue weighted by Gasteiger charge is 2.36. The topological polar surface area (TPSA) is 16.1 Å². The molecule has 66 heavy (non-hydrogen) atoms. The summed E-state index contributed by atoms with van der Waals surface area (Å²) in [5.74, 6) is 0. The molecule has 10 aromatic rings. The van der Waals surface area contributed by atoms with Crippen molar-refractivity contribution in [3.8, 4) is 44.0 Å². The molecular formula is C52H46B10N2S2. The molecular weight excluding hydrogens is 825 g/mol. The van der Waals surface area contributed by atoms with Crippen LogP contribution >= 0.6 is 22.7 Å². The van der Waals surface area contributed by atoms with E-state index in [2.05, 4.69) is 219 Å². The number of fused-ring (bicyclic) bond motifs is 7. The first kappa shape index (κ1) is 42.9. The van der Waals surface area contributed by atoms with Crippen LogP contribution in [0.15, 0.2) is 121 Å². The van der Waals surface area contributed by atoms with E-state index in [1.165, 1.54) is 141 Å². The molecule has 0 saturated heterocycles. The maximum atomic E-state index is 5.34. The van der Waals surface area contributed by atoms with Gasteiger partial charge in [-0.3, -0.25) is 0 Å². The second-order valence-electron chi connectivity index (χ2n) is 19.4. The lowest BCUT2D eigenvalue weighted by Gasteiger charge is -2.33. The molecule has 0 aliphatic heterocycles. The van der Waals surface area contributed by atoms with Crippen LogP contribution in [-0.4, -0.2) is 83.4 Å². The Morgan fingerprint density at radius 2 is 1.02 bits per heavy atom. The lowest BCUT2D eigenvalue weighted by molar-refractivity contribution is 0.660. The van der Waals surface area contributed by atoms with E-state index in [9.17, 15) is 0 Å². The molecule has 2 heterocycles. The Morgan fingerprint density at radius 1 is 0.455 bits per heavy atom. The van der Waals surface area contributed by atoms with Crippen LogP contribution in [0.1, 0.15) is 25.0 Å². The predicted molar refractivity (Wildman–Crippen MR) is 323 cm³/mol. The van der Waals surface area contributed by atoms with Crippen LogP contribution in [0.3, 0.4) is 0 Å². The van der Waals surface area contributed by atoms with Gasteiger partial charge in [0.05, 0.1) is 10.2 Å². The Labute approximate surface area is 406 Å². The minimum atomic E-state index is -0.103. The number of benzene rings is 8. The largest absolute Gasteiger partial charge is 0.312 e. The third kappa shape index (κ3) is 6.31. The van der Waals surface area contributed by atoms with Crippen LogP contribution in [-0.2, 0) is 5.41 Å². The van der Waals surface area contributed by atoms with Gasteiger partial charge in [0.1, 0.15) is 83.5 Å². The summed E-state index contributed by atoms with van der Waals surface area (Å²) >= 11 is 3.74. The van der Waals surface area contributed by atoms with Crippen molar-refractivity contribution in [3.05, 3.63) is 132 Å². The van der Waals surface area contributed by atoms with Crippen molar-refractivity contribution in [2.45, 2.75) is 19.3 Å². The summed E-state index contributed by atoms with van der Waals surface area (Å²) < 4.78 is 3.85. The zero-order chi connectivity index (χ0) is 46.1. The third-order valence-corrected chi connectivity index (χ3v) is 18.2. The fourth-order valence-corrected chi connectivity index (χ4v) is 13.7. The van der Waals surface area contributed by atoms with E-state index < -0.39 is 0 Å². The minimum absolute atomic E-state index is 0.103. The Bertz CT molecular complexity index is 3650. The van der Waals surface area contributed by atoms with Crippen LogP contribution in [0.4, 0.5) is 17.1 Å². The van der Waals surface area contributed by atoms with E-state index in [0.29, 0.717) is 0 Å². The number of thiophene rings is 1. The van der Waals surface area contributed by atoms with Crippen LogP contribution in [0.5, 0.6) is 0 Å². The number of thiazole rings is 1. The van der Waals surface area contributed by atoms with Crippen molar-refractivity contribution in [2.24, 2.45) is 0 Å². The molecule has 0 amide bonds. The van der Waals surface area contributed by atoms with Crippen molar-refractivity contribution >= 4 is 203 Å². The normalized spacial score (nSPS) is 12.8. The van der Waals surface area contributed by atoms with Gasteiger partial charge in [0.25, 0.3) is 0 Å². The Hall–Kier alpha value is -5.68. The summed E-state index contributed by atoms with van der Waals surface area (Å²) in [4.78, 5) is 7.86. The van der Waals surface area contributed by atoms with E-state index in [1.54, 1.807) is 0 Å². The van der Waals surface area contributed by atoms with Crippen molar-refractivity contribution in [1.82, 2.24) is 4.98 Å². The molecule has 0 unspecified atom stereocenters. The van der Waals surface area contributed by atoms with Crippen molar-refractivity contribution < 1.29 is 0 Å². The molecule has 1 aliphatic carbocycles. The van der Waals surface area contributed by atoms with Gasteiger partial charge in [-0.05, 0) is 80.9 Å². The standard InChI is InChI=1S/C52H46B10N2S2/c1-52(2)32-11-5-3-8-27(32)28-19-18-25(22-33(28)52)64(48-46(61)44(59)43(58)45(60)47(48)62)24-16-14-23(15-17-24)26-20-21-29(36-31-9-4-6-13-35(31)65-50(26)36)30-10-7-12-34-49(30)66-51(63-34)37-38(53)40(55)42(57)41(56)39(37)54/h3-22H,53-62H2,1-2H3. The Balaban J connectivity index is 1.06. The van der Waals surface area contributed by atoms with Gasteiger partial charge in [0, 0.05) is 48.2 Å². The maximum absolute atomic E-state index is 5.34. The molecule has 2 nitrogen and oxygen atoms in total. The highest BCUT2D eigenvalue weighted by Crippen LogP contribution is 2.51. The quantitative estimate of drug-likeness (QED) is 0.181. The molecule has 0 atom stereocenters. The van der Waals surface area contributed by atoms with Crippen LogP contribution in [0.2, 0.25) is 0 Å². The molecule has 0 bridgehead atoms. The molecule has 0 radical (unpaired) electrons. The van der Waals surface area contributed by atoms with Crippen LogP contribution in [0, 0.1) is 0 Å². The molecule has 0 saturated carbocycles. The molecule has 0 spiro atoms. The monoisotopic (exact) mass is 872 g/mol. The zero-order valence-electron chi connectivity index (χ0n) is 40.3. The highest BCUT2D eigenvalue weighted by atomic mass is 32.1. The molecule has 0 N–H and O–H groups in total. The average Bonchev–Trinajstić information content (AvgIpc) is 4.01. The van der Waals surface area contributed by atoms with Crippen molar-refractivity contribution in [2.75, 3.05) is 4.90 Å². The van der Waals surface area contributed by atoms with Gasteiger partial charge in [-0.15, -0.1) is 44.5 Å². The second kappa shape index (κ2) is 15.7. The van der Waals surface area contributed by atoms with E-state index in [-0.39, 0.29) is 5.41 Å². The molecule has 8 aromatic carbocycles. The second-order valence-corrected chi connectivity index (χ2v) is 21.4. The molecule has 2 aromatic heterocycles. The third-order valence-electron chi connectivity index (χ3n) is 15.9. The summed E-state index contributed by atoms with van der Waals surface area (Å²) in [5, 5.41) is 3.72. The Morgan fingerprint density at radius 3 is 1.73 bits per heavy atom. The van der Waals surface area contributed by atoms with Gasteiger partial charge in [-0.1, -0.05) is 132 Å². The fourth-order valence-electron chi connectivity index (χ4n) is 11.2. The Kier molecular flexibility index (Phi) is 10.2. The number of anilines is 3. The molecule has 14 heteroatoms. The number of aromatic nitrogens is 1. The zero-order valence-corrected chi connectivity index (χ0v) is 41.9. The first-order valence-electron chi connectivity index (χ1n) is 23.3. The van der Waals surface area contributed by atoms with Gasteiger partial charge in [0.15, 0.2) is 0 Å². The van der Waals surface area contributed by atoms with E-state index in [0.717, 1.165) is 16.2 Å². The molecule has 306 valence electrons. The lowest BCUT2D eigenvalue weighted by atomic mass is 9.60. The fraction of sp³-hybridized carbons (Fsp3) is 0.0577. The SMILES string of the molecule is Bc1c(B)c(B)c(-c2nc3cccc(-c4ccc(-c5ccc(N(c6ccc7c(c6)C(C)(C)c6ccccc6-7)c6c(B)c(B)c(B)c(B)c6B)cc5)c5sc6ccccc6c45)c3s2)c(B)c1B. The van der Waals surface area contributed by atoms with Gasteiger partial charge >= 0.3 is 0 Å². The summed E-state index contributed by atoms with van der Waals surface area (Å²) in [6, 6.07) is 45.8. The summed E-state index contributed by atoms with van der Waals surface area (Å²) in [7, 11) is 22.7. The number of hydrogen-bond donors (Lipinski definition) is 0. The van der Waals surface area contributed by atoms with Gasteiger partial charge < -0.3 is 4.90 Å². The van der Waals surface area contributed by atoms with Crippen molar-refractivity contribution in [3.63, 3.8) is 0 Å². The molecule has 1 aliphatic rings. The van der Waals surface area contributed by atoms with Crippen LogP contribution in [0.25, 0.3) is 74.3 Å². The number of nitrogens with zero attached hydrogens (tertiary/aromatic N) is 2. The maximum Gasteiger partial charge on any atom is 0.141 e. The van der Waals surface area contributed by atoms with E-state index in [4.69, 9.17) is 4.98 Å². The highest BCUT2D eigenvalue weighted by molar-refractivity contribution is 7.26. The number of hydrogen-bond acceptors (Lipinski definition) is 4. The first-order valence-corrected chi connectivity index (χ1v) is 24.9. The number of rotatable bonds is 6. The smallest absolute Gasteiger partial charge is 0.141 e. The molecule has 11 rings (SSSR count). The van der Waals surface area contributed by atoms with Gasteiger partial charge in [-0.2, -0.15) is 0 Å². The van der Waals surface area contributed by atoms with Crippen LogP contribution < -0.4 is 59.5 Å². The van der Waals surface area contributed by atoms with E-state index >= 15 is 0 Å². The summed E-state index contributed by atoms with van der Waals surface area (Å²) in [6.45, 7) is 4.75. The first-order chi connectivity index (χ1) is 31.7. The van der Waals surface area contributed by atoms with Crippen molar-refractivity contribution in [1.29, 1.82) is 0 Å². The lowest BCUT2D eigenvalue weighted by Crippen LogP contribution is -2.56. The molecule has 0 fully saturated rings. The van der Waals surface area contributed by atoms with E-state index in [1.807, 2.05) is 22.7 Å².